The molecule has 3 nitrogen and oxygen atoms in total. The average molecular weight is 326 g/mol. The van der Waals surface area contributed by atoms with Crippen molar-refractivity contribution in [3.05, 3.63) is 35.4 Å². The first kappa shape index (κ1) is 14.5. The Hall–Kier alpha value is -0.870. The monoisotopic (exact) mass is 325 g/mol. The first-order valence-electron chi connectivity index (χ1n) is 6.75. The highest BCUT2D eigenvalue weighted by Crippen LogP contribution is 2.18. The SMILES string of the molecule is Cc1ccccc1C(=O)N1CCC(OCCBr)CC1. The summed E-state index contributed by atoms with van der Waals surface area (Å²) >= 11 is 3.36. The first-order valence-corrected chi connectivity index (χ1v) is 7.87. The third-order valence-corrected chi connectivity index (χ3v) is 3.86. The minimum atomic E-state index is 0.150. The van der Waals surface area contributed by atoms with E-state index >= 15 is 0 Å². The molecule has 0 saturated carbocycles. The molecule has 1 aromatic carbocycles. The predicted octanol–water partition coefficient (Wildman–Crippen LogP) is 3.01. The van der Waals surface area contributed by atoms with Gasteiger partial charge in [0.15, 0.2) is 0 Å². The number of carbonyl (C=O) groups excluding carboxylic acids is 1. The quantitative estimate of drug-likeness (QED) is 0.796. The van der Waals surface area contributed by atoms with Gasteiger partial charge in [-0.05, 0) is 31.4 Å². The van der Waals surface area contributed by atoms with Crippen LogP contribution < -0.4 is 0 Å². The van der Waals surface area contributed by atoms with Crippen LogP contribution >= 0.6 is 15.9 Å². The van der Waals surface area contributed by atoms with Crippen LogP contribution in [0.2, 0.25) is 0 Å². The molecule has 1 heterocycles. The van der Waals surface area contributed by atoms with Crippen LogP contribution in [0.4, 0.5) is 0 Å². The normalized spacial score (nSPS) is 16.6. The zero-order chi connectivity index (χ0) is 13.7. The molecule has 0 atom stereocenters. The van der Waals surface area contributed by atoms with Crippen molar-refractivity contribution in [3.8, 4) is 0 Å². The van der Waals surface area contributed by atoms with E-state index in [4.69, 9.17) is 4.74 Å². The van der Waals surface area contributed by atoms with Crippen molar-refractivity contribution < 1.29 is 9.53 Å². The van der Waals surface area contributed by atoms with Gasteiger partial charge in [0.1, 0.15) is 0 Å². The number of nitrogens with zero attached hydrogens (tertiary/aromatic N) is 1. The molecule has 2 rings (SSSR count). The second kappa shape index (κ2) is 7.06. The van der Waals surface area contributed by atoms with Gasteiger partial charge in [0.05, 0.1) is 12.7 Å². The van der Waals surface area contributed by atoms with Crippen LogP contribution in [0, 0.1) is 6.92 Å². The molecule has 0 spiro atoms. The highest BCUT2D eigenvalue weighted by Gasteiger charge is 2.24. The first-order chi connectivity index (χ1) is 9.22. The molecule has 0 N–H and O–H groups in total. The van der Waals surface area contributed by atoms with Crippen molar-refractivity contribution in [2.75, 3.05) is 25.0 Å². The van der Waals surface area contributed by atoms with Crippen LogP contribution in [0.3, 0.4) is 0 Å². The summed E-state index contributed by atoms with van der Waals surface area (Å²) in [7, 11) is 0. The number of halogens is 1. The van der Waals surface area contributed by atoms with E-state index in [1.54, 1.807) is 0 Å². The number of alkyl halides is 1. The molecule has 0 unspecified atom stereocenters. The Balaban J connectivity index is 1.91. The van der Waals surface area contributed by atoms with Gasteiger partial charge in [-0.1, -0.05) is 34.1 Å². The van der Waals surface area contributed by atoms with Crippen molar-refractivity contribution >= 4 is 21.8 Å². The van der Waals surface area contributed by atoms with Crippen LogP contribution in [0.5, 0.6) is 0 Å². The summed E-state index contributed by atoms with van der Waals surface area (Å²) < 4.78 is 5.70. The van der Waals surface area contributed by atoms with E-state index in [0.717, 1.165) is 49.0 Å². The Labute approximate surface area is 123 Å². The molecular weight excluding hydrogens is 306 g/mol. The van der Waals surface area contributed by atoms with Crippen LogP contribution in [-0.4, -0.2) is 41.9 Å². The molecule has 1 aliphatic heterocycles. The molecule has 104 valence electrons. The number of carbonyl (C=O) groups is 1. The van der Waals surface area contributed by atoms with E-state index in [0.29, 0.717) is 6.10 Å². The van der Waals surface area contributed by atoms with Gasteiger partial charge in [-0.2, -0.15) is 0 Å². The van der Waals surface area contributed by atoms with Crippen molar-refractivity contribution in [3.63, 3.8) is 0 Å². The lowest BCUT2D eigenvalue weighted by Gasteiger charge is -2.32. The van der Waals surface area contributed by atoms with Gasteiger partial charge in [0.25, 0.3) is 5.91 Å². The van der Waals surface area contributed by atoms with Gasteiger partial charge in [-0.15, -0.1) is 0 Å². The number of rotatable bonds is 4. The van der Waals surface area contributed by atoms with Gasteiger partial charge in [0.2, 0.25) is 0 Å². The molecule has 1 amide bonds. The van der Waals surface area contributed by atoms with Gasteiger partial charge >= 0.3 is 0 Å². The standard InChI is InChI=1S/C15H20BrNO2/c1-12-4-2-3-5-14(12)15(18)17-9-6-13(7-10-17)19-11-8-16/h2-5,13H,6-11H2,1H3. The number of benzene rings is 1. The Morgan fingerprint density at radius 2 is 2.05 bits per heavy atom. The van der Waals surface area contributed by atoms with Gasteiger partial charge < -0.3 is 9.64 Å². The fourth-order valence-corrected chi connectivity index (χ4v) is 2.61. The average Bonchev–Trinajstić information content (AvgIpc) is 2.45. The molecule has 19 heavy (non-hydrogen) atoms. The minimum Gasteiger partial charge on any atom is -0.377 e. The number of ether oxygens (including phenoxy) is 1. The van der Waals surface area contributed by atoms with Crippen molar-refractivity contribution in [2.45, 2.75) is 25.9 Å². The van der Waals surface area contributed by atoms with E-state index in [2.05, 4.69) is 15.9 Å². The molecular formula is C15H20BrNO2. The highest BCUT2D eigenvalue weighted by molar-refractivity contribution is 9.09. The Morgan fingerprint density at radius 3 is 2.68 bits per heavy atom. The molecule has 0 radical (unpaired) electrons. The number of hydrogen-bond donors (Lipinski definition) is 0. The Bertz CT molecular complexity index is 428. The molecule has 0 bridgehead atoms. The van der Waals surface area contributed by atoms with Gasteiger partial charge in [0, 0.05) is 24.0 Å². The topological polar surface area (TPSA) is 29.5 Å². The number of piperidine rings is 1. The van der Waals surface area contributed by atoms with Gasteiger partial charge in [-0.25, -0.2) is 0 Å². The number of likely N-dealkylation sites (tertiary alicyclic amines) is 1. The summed E-state index contributed by atoms with van der Waals surface area (Å²) in [5, 5.41) is 0.870. The van der Waals surface area contributed by atoms with E-state index in [-0.39, 0.29) is 5.91 Å². The van der Waals surface area contributed by atoms with Crippen LogP contribution in [-0.2, 0) is 4.74 Å². The zero-order valence-corrected chi connectivity index (χ0v) is 12.9. The summed E-state index contributed by atoms with van der Waals surface area (Å²) in [6, 6.07) is 7.78. The van der Waals surface area contributed by atoms with Crippen LogP contribution in [0.1, 0.15) is 28.8 Å². The third kappa shape index (κ3) is 3.80. The second-order valence-corrected chi connectivity index (χ2v) is 5.66. The Kier molecular flexibility index (Phi) is 5.40. The molecule has 1 aromatic rings. The molecule has 1 saturated heterocycles. The lowest BCUT2D eigenvalue weighted by Crippen LogP contribution is -2.41. The number of hydrogen-bond acceptors (Lipinski definition) is 2. The fourth-order valence-electron chi connectivity index (χ4n) is 2.42. The van der Waals surface area contributed by atoms with Crippen LogP contribution in [0.15, 0.2) is 24.3 Å². The molecule has 0 aromatic heterocycles. The molecule has 1 aliphatic rings. The maximum absolute atomic E-state index is 12.4. The molecule has 4 heteroatoms. The van der Waals surface area contributed by atoms with E-state index in [1.165, 1.54) is 0 Å². The van der Waals surface area contributed by atoms with Crippen molar-refractivity contribution in [1.29, 1.82) is 0 Å². The van der Waals surface area contributed by atoms with Gasteiger partial charge in [-0.3, -0.25) is 4.79 Å². The summed E-state index contributed by atoms with van der Waals surface area (Å²) in [4.78, 5) is 14.4. The molecule has 0 aliphatic carbocycles. The smallest absolute Gasteiger partial charge is 0.254 e. The molecule has 1 fully saturated rings. The predicted molar refractivity (Wildman–Crippen MR) is 79.9 cm³/mol. The van der Waals surface area contributed by atoms with Crippen LogP contribution in [0.25, 0.3) is 0 Å². The fraction of sp³-hybridized carbons (Fsp3) is 0.533. The second-order valence-electron chi connectivity index (χ2n) is 4.87. The highest BCUT2D eigenvalue weighted by atomic mass is 79.9. The van der Waals surface area contributed by atoms with Crippen molar-refractivity contribution in [2.24, 2.45) is 0 Å². The maximum atomic E-state index is 12.4. The minimum absolute atomic E-state index is 0.150. The lowest BCUT2D eigenvalue weighted by molar-refractivity contribution is 0.0160. The summed E-state index contributed by atoms with van der Waals surface area (Å²) in [6.45, 7) is 4.32. The zero-order valence-electron chi connectivity index (χ0n) is 11.3. The lowest BCUT2D eigenvalue weighted by atomic mass is 10.0. The summed E-state index contributed by atoms with van der Waals surface area (Å²) in [5.41, 5.74) is 1.87. The summed E-state index contributed by atoms with van der Waals surface area (Å²) in [6.07, 6.45) is 2.17. The summed E-state index contributed by atoms with van der Waals surface area (Å²) in [5.74, 6) is 0.150. The maximum Gasteiger partial charge on any atom is 0.254 e. The van der Waals surface area contributed by atoms with Crippen molar-refractivity contribution in [1.82, 2.24) is 4.90 Å². The van der Waals surface area contributed by atoms with E-state index in [1.807, 2.05) is 36.1 Å². The van der Waals surface area contributed by atoms with E-state index in [9.17, 15) is 4.79 Å². The Morgan fingerprint density at radius 1 is 1.37 bits per heavy atom. The third-order valence-electron chi connectivity index (χ3n) is 3.54. The largest absolute Gasteiger partial charge is 0.377 e. The number of aryl methyl sites for hydroxylation is 1. The number of amides is 1. The van der Waals surface area contributed by atoms with E-state index < -0.39 is 0 Å².